The normalized spacial score (nSPS) is 13.9. The number of thiophene rings is 1. The fraction of sp³-hybridized carbons (Fsp3) is 0. The number of fused-ring (bicyclic) bond motifs is 10. The maximum absolute atomic E-state index is 9.31. The first-order valence-electron chi connectivity index (χ1n) is 18.7. The Balaban J connectivity index is 1.31. The maximum atomic E-state index is 9.31. The molecular weight excluding hydrogens is 591 g/mol. The zero-order valence-corrected chi connectivity index (χ0v) is 25.5. The molecule has 2 aromatic heterocycles. The molecule has 10 rings (SSSR count). The molecule has 0 aliphatic carbocycles. The highest BCUT2D eigenvalue weighted by Crippen LogP contribution is 2.41. The van der Waals surface area contributed by atoms with Gasteiger partial charge in [-0.1, -0.05) is 127 Å². The molecule has 0 N–H and O–H groups in total. The summed E-state index contributed by atoms with van der Waals surface area (Å²) in [4.78, 5) is 14.9. The molecule has 0 aliphatic heterocycles. The van der Waals surface area contributed by atoms with Gasteiger partial charge in [0.1, 0.15) is 0 Å². The van der Waals surface area contributed by atoms with Crippen molar-refractivity contribution in [3.05, 3.63) is 151 Å². The lowest BCUT2D eigenvalue weighted by molar-refractivity contribution is 1.08. The lowest BCUT2D eigenvalue weighted by atomic mass is 9.93. The van der Waals surface area contributed by atoms with E-state index in [4.69, 9.17) is 23.2 Å². The van der Waals surface area contributed by atoms with Crippen LogP contribution in [0.5, 0.6) is 0 Å². The summed E-state index contributed by atoms with van der Waals surface area (Å²) in [5.74, 6) is 0.576. The lowest BCUT2D eigenvalue weighted by Crippen LogP contribution is -2.00. The predicted octanol–water partition coefficient (Wildman–Crippen LogP) is 11.9. The van der Waals surface area contributed by atoms with Crippen LogP contribution in [0.15, 0.2) is 151 Å². The highest BCUT2D eigenvalue weighted by Gasteiger charge is 2.18. The van der Waals surface area contributed by atoms with E-state index in [0.717, 1.165) is 58.1 Å². The average Bonchev–Trinajstić information content (AvgIpc) is 3.59. The second-order valence-corrected chi connectivity index (χ2v) is 12.5. The Morgan fingerprint density at radius 2 is 1.04 bits per heavy atom. The molecule has 47 heavy (non-hydrogen) atoms. The quantitative estimate of drug-likeness (QED) is 0.184. The van der Waals surface area contributed by atoms with Gasteiger partial charge < -0.3 is 0 Å². The van der Waals surface area contributed by atoms with Crippen LogP contribution in [0.25, 0.3) is 97.4 Å². The number of hydrogen-bond acceptors (Lipinski definition) is 4. The summed E-state index contributed by atoms with van der Waals surface area (Å²) in [7, 11) is 0. The van der Waals surface area contributed by atoms with Crippen molar-refractivity contribution in [1.29, 1.82) is 0 Å². The summed E-state index contributed by atoms with van der Waals surface area (Å²) in [6.07, 6.45) is 0. The van der Waals surface area contributed by atoms with Crippen molar-refractivity contribution in [2.45, 2.75) is 0 Å². The molecule has 0 amide bonds. The predicted molar refractivity (Wildman–Crippen MR) is 199 cm³/mol. The van der Waals surface area contributed by atoms with Crippen molar-refractivity contribution in [2.24, 2.45) is 0 Å². The van der Waals surface area contributed by atoms with Crippen LogP contribution in [-0.4, -0.2) is 15.0 Å². The van der Waals surface area contributed by atoms with Crippen molar-refractivity contribution < 1.29 is 9.60 Å². The highest BCUT2D eigenvalue weighted by molar-refractivity contribution is 7.25. The zero-order chi connectivity index (χ0) is 37.0. The van der Waals surface area contributed by atoms with Gasteiger partial charge in [0, 0.05) is 36.9 Å². The van der Waals surface area contributed by atoms with Crippen molar-refractivity contribution in [2.75, 3.05) is 0 Å². The van der Waals surface area contributed by atoms with E-state index in [9.17, 15) is 1.37 Å². The Kier molecular flexibility index (Phi) is 4.42. The van der Waals surface area contributed by atoms with Crippen LogP contribution >= 0.6 is 11.3 Å². The molecule has 3 nitrogen and oxygen atoms in total. The Morgan fingerprint density at radius 1 is 0.447 bits per heavy atom. The number of hydrogen-bond donors (Lipinski definition) is 0. The van der Waals surface area contributed by atoms with Crippen LogP contribution in [0.4, 0.5) is 0 Å². The molecule has 0 saturated heterocycles. The van der Waals surface area contributed by atoms with Gasteiger partial charge in [0.25, 0.3) is 0 Å². The third kappa shape index (κ3) is 4.16. The largest absolute Gasteiger partial charge is 0.208 e. The molecule has 10 aromatic rings. The second kappa shape index (κ2) is 10.3. The summed E-state index contributed by atoms with van der Waals surface area (Å²) in [5.41, 5.74) is 1.31. The second-order valence-electron chi connectivity index (χ2n) is 11.4. The summed E-state index contributed by atoms with van der Waals surface area (Å²) >= 11 is 1.66. The monoisotopic (exact) mass is 622 g/mol. The molecule has 4 heteroatoms. The summed E-state index contributed by atoms with van der Waals surface area (Å²) in [5, 5.41) is 8.20. The number of nitrogens with zero attached hydrogens (tertiary/aromatic N) is 3. The SMILES string of the molecule is [2H]c1c([2H])c([2H])c2c([2H])c(-c3nc(-c4ccc5c6ccccc6c6ccccc6c5c4)nc(-c4cccc5sc6ccccc6c45)n3)c([2H])c([2H])c2c1[2H]. The minimum absolute atomic E-state index is 0.0344. The molecule has 8 aromatic carbocycles. The molecule has 2 heterocycles. The van der Waals surface area contributed by atoms with E-state index in [1.807, 2.05) is 54.6 Å². The summed E-state index contributed by atoms with van der Waals surface area (Å²) < 4.78 is 63.2. The van der Waals surface area contributed by atoms with Crippen LogP contribution in [-0.2, 0) is 0 Å². The molecule has 0 bridgehead atoms. The van der Waals surface area contributed by atoms with Gasteiger partial charge in [-0.05, 0) is 67.3 Å². The van der Waals surface area contributed by atoms with Crippen LogP contribution in [0.1, 0.15) is 9.60 Å². The minimum atomic E-state index is -0.523. The third-order valence-electron chi connectivity index (χ3n) is 8.75. The van der Waals surface area contributed by atoms with E-state index in [0.29, 0.717) is 17.2 Å². The summed E-state index contributed by atoms with van der Waals surface area (Å²) in [6, 6.07) is 33.6. The van der Waals surface area contributed by atoms with Gasteiger partial charge >= 0.3 is 0 Å². The van der Waals surface area contributed by atoms with Gasteiger partial charge in [0.05, 0.1) is 9.60 Å². The smallest absolute Gasteiger partial charge is 0.164 e. The van der Waals surface area contributed by atoms with Crippen molar-refractivity contribution in [1.82, 2.24) is 15.0 Å². The Labute approximate surface area is 284 Å². The van der Waals surface area contributed by atoms with Gasteiger partial charge in [-0.15, -0.1) is 11.3 Å². The number of benzene rings is 8. The van der Waals surface area contributed by atoms with Gasteiger partial charge in [0.2, 0.25) is 0 Å². The fourth-order valence-electron chi connectivity index (χ4n) is 6.64. The molecule has 0 saturated carbocycles. The zero-order valence-electron chi connectivity index (χ0n) is 31.6. The Morgan fingerprint density at radius 3 is 1.81 bits per heavy atom. The van der Waals surface area contributed by atoms with Crippen LogP contribution in [0.2, 0.25) is 0 Å². The van der Waals surface area contributed by atoms with E-state index in [1.54, 1.807) is 11.3 Å². The van der Waals surface area contributed by atoms with E-state index in [1.165, 1.54) is 0 Å². The molecule has 218 valence electrons. The van der Waals surface area contributed by atoms with Crippen molar-refractivity contribution >= 4 is 74.6 Å². The highest BCUT2D eigenvalue weighted by atomic mass is 32.1. The molecule has 0 radical (unpaired) electrons. The minimum Gasteiger partial charge on any atom is -0.208 e. The first kappa shape index (κ1) is 20.2. The molecular formula is C43H25N3S. The molecule has 0 aliphatic rings. The maximum Gasteiger partial charge on any atom is 0.164 e. The molecule has 0 fully saturated rings. The van der Waals surface area contributed by atoms with Gasteiger partial charge in [-0.2, -0.15) is 0 Å². The van der Waals surface area contributed by atoms with E-state index in [-0.39, 0.29) is 28.2 Å². The van der Waals surface area contributed by atoms with Gasteiger partial charge in [-0.3, -0.25) is 0 Å². The van der Waals surface area contributed by atoms with Gasteiger partial charge in [-0.25, -0.2) is 15.0 Å². The summed E-state index contributed by atoms with van der Waals surface area (Å²) in [6.45, 7) is 0. The van der Waals surface area contributed by atoms with Crippen molar-refractivity contribution in [3.8, 4) is 34.2 Å². The van der Waals surface area contributed by atoms with Gasteiger partial charge in [0.15, 0.2) is 17.5 Å². The van der Waals surface area contributed by atoms with Crippen LogP contribution < -0.4 is 0 Å². The van der Waals surface area contributed by atoms with Crippen LogP contribution in [0, 0.1) is 0 Å². The number of aromatic nitrogens is 3. The van der Waals surface area contributed by atoms with E-state index < -0.39 is 36.3 Å². The molecule has 0 atom stereocenters. The topological polar surface area (TPSA) is 38.7 Å². The Bertz CT molecular complexity index is 3230. The lowest BCUT2D eigenvalue weighted by Gasteiger charge is -2.13. The average molecular weight is 623 g/mol. The standard InChI is InChI=1S/C43H25N3S/c1-2-11-27-24-28(21-20-26(27)10-1)41-44-42(46-43(45-41)36-17-9-19-39-40(36)35-16-7-8-18-38(35)47-39)29-22-23-34-32-14-4-3-12-30(32)31-13-5-6-15-33(31)37(34)25-29/h1-25H/i1D,2D,10D,11D,20D,21D,24D. The molecule has 0 unspecified atom stereocenters. The fourth-order valence-corrected chi connectivity index (χ4v) is 7.77. The first-order chi connectivity index (χ1) is 26.2. The first-order valence-corrected chi connectivity index (χ1v) is 16.0. The van der Waals surface area contributed by atoms with Crippen LogP contribution in [0.3, 0.4) is 0 Å². The third-order valence-corrected chi connectivity index (χ3v) is 9.89. The van der Waals surface area contributed by atoms with E-state index >= 15 is 0 Å². The molecule has 0 spiro atoms. The van der Waals surface area contributed by atoms with Crippen molar-refractivity contribution in [3.63, 3.8) is 0 Å². The Hall–Kier alpha value is -5.97. The number of rotatable bonds is 3. The van der Waals surface area contributed by atoms with E-state index in [2.05, 4.69) is 54.6 Å².